The van der Waals surface area contributed by atoms with Crippen LogP contribution in [-0.4, -0.2) is 24.5 Å². The fraction of sp³-hybridized carbons (Fsp3) is 0.0625. The SMILES string of the molecule is Cn1ccc(-c2cn(-c3cc(F)ccc3Cl)c(=O)c3c(N)n[nH]c23)n1. The summed E-state index contributed by atoms with van der Waals surface area (Å²) in [6.07, 6.45) is 3.32. The molecule has 0 unspecified atom stereocenters. The van der Waals surface area contributed by atoms with E-state index < -0.39 is 11.4 Å². The molecule has 4 rings (SSSR count). The van der Waals surface area contributed by atoms with Crippen LogP contribution in [0.15, 0.2) is 41.5 Å². The number of aromatic nitrogens is 5. The molecule has 0 aliphatic heterocycles. The molecule has 0 radical (unpaired) electrons. The highest BCUT2D eigenvalue weighted by molar-refractivity contribution is 6.32. The fourth-order valence-corrected chi connectivity index (χ4v) is 2.95. The van der Waals surface area contributed by atoms with Crippen molar-refractivity contribution in [3.05, 3.63) is 57.9 Å². The van der Waals surface area contributed by atoms with E-state index in [0.717, 1.165) is 0 Å². The first-order chi connectivity index (χ1) is 12.0. The summed E-state index contributed by atoms with van der Waals surface area (Å²) in [6, 6.07) is 5.59. The largest absolute Gasteiger partial charge is 0.382 e. The van der Waals surface area contributed by atoms with Crippen LogP contribution in [0.5, 0.6) is 0 Å². The number of H-pyrrole nitrogens is 1. The standard InChI is InChI=1S/C16H12ClFN6O/c1-23-5-4-11(22-23)9-7-24(12-6-8(18)2-3-10(12)17)16(25)13-14(9)20-21-15(13)19/h2-7H,1H3,(H3,19,20,21). The zero-order valence-corrected chi connectivity index (χ0v) is 13.8. The number of aromatic amines is 1. The predicted octanol–water partition coefficient (Wildman–Crippen LogP) is 2.49. The van der Waals surface area contributed by atoms with E-state index in [1.54, 1.807) is 30.2 Å². The average Bonchev–Trinajstić information content (AvgIpc) is 3.17. The average molecular weight is 359 g/mol. The Morgan fingerprint density at radius 1 is 1.32 bits per heavy atom. The maximum Gasteiger partial charge on any atom is 0.268 e. The Morgan fingerprint density at radius 3 is 2.84 bits per heavy atom. The second-order valence-corrected chi connectivity index (χ2v) is 5.95. The van der Waals surface area contributed by atoms with Crippen LogP contribution in [0, 0.1) is 5.82 Å². The lowest BCUT2D eigenvalue weighted by Crippen LogP contribution is -2.19. The van der Waals surface area contributed by atoms with Gasteiger partial charge in [-0.05, 0) is 24.3 Å². The van der Waals surface area contributed by atoms with Crippen molar-refractivity contribution in [1.29, 1.82) is 0 Å². The molecule has 25 heavy (non-hydrogen) atoms. The number of hydrogen-bond acceptors (Lipinski definition) is 4. The molecule has 0 aliphatic carbocycles. The number of aryl methyl sites for hydroxylation is 1. The Morgan fingerprint density at radius 2 is 2.12 bits per heavy atom. The number of hydrogen-bond donors (Lipinski definition) is 2. The molecule has 1 aromatic carbocycles. The molecule has 0 spiro atoms. The van der Waals surface area contributed by atoms with Gasteiger partial charge in [0.05, 0.1) is 21.9 Å². The minimum absolute atomic E-state index is 0.0547. The molecular weight excluding hydrogens is 347 g/mol. The molecule has 0 atom stereocenters. The normalized spacial score (nSPS) is 11.3. The van der Waals surface area contributed by atoms with Gasteiger partial charge in [-0.25, -0.2) is 4.39 Å². The van der Waals surface area contributed by atoms with E-state index in [1.807, 2.05) is 0 Å². The van der Waals surface area contributed by atoms with Crippen molar-refractivity contribution in [2.45, 2.75) is 0 Å². The van der Waals surface area contributed by atoms with Gasteiger partial charge in [0.2, 0.25) is 0 Å². The molecule has 0 aliphatic rings. The second-order valence-electron chi connectivity index (χ2n) is 5.55. The van der Waals surface area contributed by atoms with Crippen LogP contribution in [0.4, 0.5) is 10.2 Å². The van der Waals surface area contributed by atoms with E-state index in [2.05, 4.69) is 15.3 Å². The summed E-state index contributed by atoms with van der Waals surface area (Å²) in [5.41, 5.74) is 7.29. The second kappa shape index (κ2) is 5.45. The van der Waals surface area contributed by atoms with Gasteiger partial charge in [0, 0.05) is 25.0 Å². The molecule has 3 aromatic heterocycles. The van der Waals surface area contributed by atoms with Gasteiger partial charge in [-0.1, -0.05) is 11.6 Å². The van der Waals surface area contributed by atoms with E-state index in [0.29, 0.717) is 16.8 Å². The number of benzene rings is 1. The van der Waals surface area contributed by atoms with Crippen LogP contribution in [0.1, 0.15) is 0 Å². The molecule has 0 bridgehead atoms. The van der Waals surface area contributed by atoms with Crippen LogP contribution >= 0.6 is 11.6 Å². The summed E-state index contributed by atoms with van der Waals surface area (Å²) in [7, 11) is 1.78. The molecule has 0 saturated carbocycles. The topological polar surface area (TPSA) is 94.5 Å². The minimum atomic E-state index is -0.508. The number of pyridine rings is 1. The molecule has 0 fully saturated rings. The summed E-state index contributed by atoms with van der Waals surface area (Å²) < 4.78 is 16.6. The maximum atomic E-state index is 13.7. The molecule has 9 heteroatoms. The number of nitrogens with zero attached hydrogens (tertiary/aromatic N) is 4. The van der Waals surface area contributed by atoms with E-state index >= 15 is 0 Å². The zero-order chi connectivity index (χ0) is 17.7. The maximum absolute atomic E-state index is 13.7. The third kappa shape index (κ3) is 2.38. The van der Waals surface area contributed by atoms with Crippen molar-refractivity contribution >= 4 is 28.3 Å². The fourth-order valence-electron chi connectivity index (χ4n) is 2.74. The van der Waals surface area contributed by atoms with Crippen LogP contribution in [0.25, 0.3) is 27.8 Å². The lowest BCUT2D eigenvalue weighted by molar-refractivity contribution is 0.626. The third-order valence-electron chi connectivity index (χ3n) is 3.91. The van der Waals surface area contributed by atoms with Crippen molar-refractivity contribution in [2.24, 2.45) is 7.05 Å². The highest BCUT2D eigenvalue weighted by Crippen LogP contribution is 2.29. The number of fused-ring (bicyclic) bond motifs is 1. The number of rotatable bonds is 2. The summed E-state index contributed by atoms with van der Waals surface area (Å²) in [5, 5.41) is 11.5. The summed E-state index contributed by atoms with van der Waals surface area (Å²) in [6.45, 7) is 0. The number of nitrogens with two attached hydrogens (primary N) is 1. The van der Waals surface area contributed by atoms with Crippen LogP contribution in [0.2, 0.25) is 5.02 Å². The lowest BCUT2D eigenvalue weighted by atomic mass is 10.1. The van der Waals surface area contributed by atoms with E-state index in [4.69, 9.17) is 17.3 Å². The third-order valence-corrected chi connectivity index (χ3v) is 4.23. The summed E-state index contributed by atoms with van der Waals surface area (Å²) >= 11 is 6.17. The Labute approximate surface area is 145 Å². The number of nitrogen functional groups attached to an aromatic ring is 1. The van der Waals surface area contributed by atoms with Gasteiger partial charge in [-0.3, -0.25) is 19.1 Å². The predicted molar refractivity (Wildman–Crippen MR) is 93.3 cm³/mol. The number of anilines is 1. The van der Waals surface area contributed by atoms with Crippen molar-refractivity contribution in [1.82, 2.24) is 24.5 Å². The zero-order valence-electron chi connectivity index (χ0n) is 13.0. The number of halogens is 2. The van der Waals surface area contributed by atoms with E-state index in [1.165, 1.54) is 22.8 Å². The van der Waals surface area contributed by atoms with Gasteiger partial charge in [0.1, 0.15) is 11.2 Å². The molecule has 0 saturated heterocycles. The van der Waals surface area contributed by atoms with Gasteiger partial charge in [-0.2, -0.15) is 10.2 Å². The summed E-state index contributed by atoms with van der Waals surface area (Å²) in [4.78, 5) is 12.9. The van der Waals surface area contributed by atoms with E-state index in [9.17, 15) is 9.18 Å². The van der Waals surface area contributed by atoms with Crippen molar-refractivity contribution in [2.75, 3.05) is 5.73 Å². The van der Waals surface area contributed by atoms with Gasteiger partial charge in [0.15, 0.2) is 5.82 Å². The van der Waals surface area contributed by atoms with Crippen molar-refractivity contribution in [3.8, 4) is 16.9 Å². The first-order valence-electron chi connectivity index (χ1n) is 7.30. The van der Waals surface area contributed by atoms with Gasteiger partial charge in [0.25, 0.3) is 5.56 Å². The Kier molecular flexibility index (Phi) is 3.36. The first kappa shape index (κ1) is 15.4. The first-order valence-corrected chi connectivity index (χ1v) is 7.68. The molecule has 0 amide bonds. The van der Waals surface area contributed by atoms with Crippen LogP contribution in [-0.2, 0) is 7.05 Å². The Hall–Kier alpha value is -3.13. The minimum Gasteiger partial charge on any atom is -0.382 e. The number of nitrogens with one attached hydrogen (secondary N) is 1. The van der Waals surface area contributed by atoms with Crippen LogP contribution in [0.3, 0.4) is 0 Å². The lowest BCUT2D eigenvalue weighted by Gasteiger charge is -2.11. The quantitative estimate of drug-likeness (QED) is 0.575. The van der Waals surface area contributed by atoms with Gasteiger partial charge < -0.3 is 5.73 Å². The monoisotopic (exact) mass is 358 g/mol. The molecule has 3 heterocycles. The van der Waals surface area contributed by atoms with Crippen molar-refractivity contribution < 1.29 is 4.39 Å². The van der Waals surface area contributed by atoms with Gasteiger partial charge >= 0.3 is 0 Å². The van der Waals surface area contributed by atoms with Gasteiger partial charge in [-0.15, -0.1) is 0 Å². The Bertz CT molecular complexity index is 1180. The van der Waals surface area contributed by atoms with E-state index in [-0.39, 0.29) is 21.9 Å². The highest BCUT2D eigenvalue weighted by Gasteiger charge is 2.19. The summed E-state index contributed by atoms with van der Waals surface area (Å²) in [5.74, 6) is -0.454. The van der Waals surface area contributed by atoms with Crippen molar-refractivity contribution in [3.63, 3.8) is 0 Å². The highest BCUT2D eigenvalue weighted by atomic mass is 35.5. The molecule has 7 nitrogen and oxygen atoms in total. The molecule has 4 aromatic rings. The molecular formula is C16H12ClFN6O. The Balaban J connectivity index is 2.12. The molecule has 3 N–H and O–H groups in total. The molecule has 126 valence electrons. The van der Waals surface area contributed by atoms with Crippen LogP contribution < -0.4 is 11.3 Å². The smallest absolute Gasteiger partial charge is 0.268 e.